The molecule has 0 aliphatic carbocycles. The Balaban J connectivity index is 2.07. The zero-order valence-electron chi connectivity index (χ0n) is 11.2. The Morgan fingerprint density at radius 2 is 1.89 bits per heavy atom. The van der Waals surface area contributed by atoms with Gasteiger partial charge in [-0.15, -0.1) is 0 Å². The first kappa shape index (κ1) is 14.1. The molecule has 0 saturated carbocycles. The van der Waals surface area contributed by atoms with Gasteiger partial charge in [-0.1, -0.05) is 6.92 Å². The third kappa shape index (κ3) is 3.36. The van der Waals surface area contributed by atoms with Crippen LogP contribution in [0.4, 0.5) is 19.0 Å². The van der Waals surface area contributed by atoms with Gasteiger partial charge < -0.3 is 4.90 Å². The van der Waals surface area contributed by atoms with Crippen LogP contribution in [0.3, 0.4) is 0 Å². The van der Waals surface area contributed by atoms with Crippen LogP contribution < -0.4 is 4.90 Å². The zero-order valence-corrected chi connectivity index (χ0v) is 11.2. The molecule has 106 valence electrons. The lowest BCUT2D eigenvalue weighted by Crippen LogP contribution is -2.39. The average molecular weight is 273 g/mol. The fourth-order valence-electron chi connectivity index (χ4n) is 2.39. The third-order valence-electron chi connectivity index (χ3n) is 3.52. The molecule has 1 aromatic heterocycles. The number of anilines is 1. The molecule has 1 aromatic rings. The van der Waals surface area contributed by atoms with Gasteiger partial charge in [0.1, 0.15) is 11.6 Å². The van der Waals surface area contributed by atoms with Crippen LogP contribution in [0.25, 0.3) is 0 Å². The van der Waals surface area contributed by atoms with E-state index >= 15 is 0 Å². The lowest BCUT2D eigenvalue weighted by molar-refractivity contribution is -0.179. The Hall–Kier alpha value is -1.33. The number of aryl methyl sites for hydroxylation is 2. The Labute approximate surface area is 110 Å². The standard InChI is InChI=1S/C13H18F3N3/c1-3-11-8-12(18-9(2)17-11)19-6-4-10(5-7-19)13(14,15)16/h8,10H,3-7H2,1-2H3. The molecular weight excluding hydrogens is 255 g/mol. The average Bonchev–Trinajstić information content (AvgIpc) is 2.37. The first-order valence-electron chi connectivity index (χ1n) is 6.56. The van der Waals surface area contributed by atoms with E-state index in [1.165, 1.54) is 0 Å². The highest BCUT2D eigenvalue weighted by Crippen LogP contribution is 2.35. The van der Waals surface area contributed by atoms with Gasteiger partial charge in [-0.25, -0.2) is 9.97 Å². The molecule has 0 atom stereocenters. The van der Waals surface area contributed by atoms with Crippen LogP contribution in [-0.4, -0.2) is 29.2 Å². The summed E-state index contributed by atoms with van der Waals surface area (Å²) in [4.78, 5) is 10.5. The molecule has 1 aliphatic heterocycles. The number of hydrogen-bond donors (Lipinski definition) is 0. The van der Waals surface area contributed by atoms with Gasteiger partial charge in [-0.05, 0) is 26.2 Å². The number of alkyl halides is 3. The normalized spacial score (nSPS) is 17.8. The number of hydrogen-bond acceptors (Lipinski definition) is 3. The largest absolute Gasteiger partial charge is 0.391 e. The highest BCUT2D eigenvalue weighted by molar-refractivity contribution is 5.40. The molecular formula is C13H18F3N3. The summed E-state index contributed by atoms with van der Waals surface area (Å²) < 4.78 is 37.8. The maximum Gasteiger partial charge on any atom is 0.391 e. The van der Waals surface area contributed by atoms with Crippen molar-refractivity contribution >= 4 is 5.82 Å². The van der Waals surface area contributed by atoms with Crippen molar-refractivity contribution in [1.82, 2.24) is 9.97 Å². The van der Waals surface area contributed by atoms with Crippen LogP contribution in [-0.2, 0) is 6.42 Å². The van der Waals surface area contributed by atoms with Crippen molar-refractivity contribution in [2.75, 3.05) is 18.0 Å². The van der Waals surface area contributed by atoms with Gasteiger partial charge in [0.05, 0.1) is 5.92 Å². The van der Waals surface area contributed by atoms with Crippen molar-refractivity contribution in [3.8, 4) is 0 Å². The lowest BCUT2D eigenvalue weighted by atomic mass is 9.96. The molecule has 0 N–H and O–H groups in total. The van der Waals surface area contributed by atoms with Crippen LogP contribution in [0, 0.1) is 12.8 Å². The van der Waals surface area contributed by atoms with E-state index in [1.807, 2.05) is 24.8 Å². The quantitative estimate of drug-likeness (QED) is 0.829. The Morgan fingerprint density at radius 3 is 2.42 bits per heavy atom. The molecule has 1 aliphatic rings. The summed E-state index contributed by atoms with van der Waals surface area (Å²) in [5.41, 5.74) is 0.931. The Bertz CT molecular complexity index is 437. The lowest BCUT2D eigenvalue weighted by Gasteiger charge is -2.33. The molecule has 6 heteroatoms. The highest BCUT2D eigenvalue weighted by Gasteiger charge is 2.41. The molecule has 0 unspecified atom stereocenters. The molecule has 2 rings (SSSR count). The molecule has 1 fully saturated rings. The Morgan fingerprint density at radius 1 is 1.26 bits per heavy atom. The van der Waals surface area contributed by atoms with Crippen molar-refractivity contribution in [2.24, 2.45) is 5.92 Å². The van der Waals surface area contributed by atoms with E-state index in [4.69, 9.17) is 0 Å². The predicted octanol–water partition coefficient (Wildman–Crippen LogP) is 3.13. The van der Waals surface area contributed by atoms with Crippen LogP contribution in [0.5, 0.6) is 0 Å². The second-order valence-corrected chi connectivity index (χ2v) is 4.92. The van der Waals surface area contributed by atoms with Crippen LogP contribution >= 0.6 is 0 Å². The van der Waals surface area contributed by atoms with Gasteiger partial charge in [0.2, 0.25) is 0 Å². The van der Waals surface area contributed by atoms with Gasteiger partial charge in [0.25, 0.3) is 0 Å². The molecule has 0 bridgehead atoms. The van der Waals surface area contributed by atoms with E-state index in [2.05, 4.69) is 9.97 Å². The molecule has 3 nitrogen and oxygen atoms in total. The number of nitrogens with zero attached hydrogens (tertiary/aromatic N) is 3. The molecule has 1 saturated heterocycles. The fraction of sp³-hybridized carbons (Fsp3) is 0.692. The summed E-state index contributed by atoms with van der Waals surface area (Å²) in [6.07, 6.45) is -2.97. The van der Waals surface area contributed by atoms with E-state index in [1.54, 1.807) is 0 Å². The monoisotopic (exact) mass is 273 g/mol. The summed E-state index contributed by atoms with van der Waals surface area (Å²) >= 11 is 0. The minimum absolute atomic E-state index is 0.147. The van der Waals surface area contributed by atoms with Gasteiger partial charge in [-0.2, -0.15) is 13.2 Å². The van der Waals surface area contributed by atoms with Gasteiger partial charge in [-0.3, -0.25) is 0 Å². The third-order valence-corrected chi connectivity index (χ3v) is 3.52. The second kappa shape index (κ2) is 5.35. The van der Waals surface area contributed by atoms with Crippen LogP contribution in [0.1, 0.15) is 31.3 Å². The van der Waals surface area contributed by atoms with E-state index < -0.39 is 12.1 Å². The molecule has 0 amide bonds. The van der Waals surface area contributed by atoms with Crippen molar-refractivity contribution in [2.45, 2.75) is 39.3 Å². The summed E-state index contributed by atoms with van der Waals surface area (Å²) in [5.74, 6) is 0.259. The second-order valence-electron chi connectivity index (χ2n) is 4.92. The maximum absolute atomic E-state index is 12.6. The van der Waals surface area contributed by atoms with Crippen molar-refractivity contribution in [3.63, 3.8) is 0 Å². The number of rotatable bonds is 2. The van der Waals surface area contributed by atoms with Gasteiger partial charge in [0, 0.05) is 24.8 Å². The molecule has 2 heterocycles. The van der Waals surface area contributed by atoms with Crippen molar-refractivity contribution in [1.29, 1.82) is 0 Å². The molecule has 0 radical (unpaired) electrons. The summed E-state index contributed by atoms with van der Waals surface area (Å²) in [7, 11) is 0. The van der Waals surface area contributed by atoms with Crippen molar-refractivity contribution in [3.05, 3.63) is 17.6 Å². The molecule has 0 spiro atoms. The Kier molecular flexibility index (Phi) is 3.96. The van der Waals surface area contributed by atoms with E-state index in [9.17, 15) is 13.2 Å². The smallest absolute Gasteiger partial charge is 0.356 e. The maximum atomic E-state index is 12.6. The molecule has 19 heavy (non-hydrogen) atoms. The van der Waals surface area contributed by atoms with Crippen LogP contribution in [0.2, 0.25) is 0 Å². The minimum Gasteiger partial charge on any atom is -0.356 e. The first-order valence-corrected chi connectivity index (χ1v) is 6.56. The number of halogens is 3. The van der Waals surface area contributed by atoms with Crippen molar-refractivity contribution < 1.29 is 13.2 Å². The minimum atomic E-state index is -4.07. The van der Waals surface area contributed by atoms with Gasteiger partial charge in [0.15, 0.2) is 0 Å². The van der Waals surface area contributed by atoms with E-state index in [0.29, 0.717) is 18.9 Å². The predicted molar refractivity (Wildman–Crippen MR) is 67.1 cm³/mol. The summed E-state index contributed by atoms with van der Waals surface area (Å²) in [6, 6.07) is 1.88. The van der Waals surface area contributed by atoms with Crippen LogP contribution in [0.15, 0.2) is 6.07 Å². The highest BCUT2D eigenvalue weighted by atomic mass is 19.4. The fourth-order valence-corrected chi connectivity index (χ4v) is 2.39. The van der Waals surface area contributed by atoms with E-state index in [-0.39, 0.29) is 12.8 Å². The number of piperidine rings is 1. The zero-order chi connectivity index (χ0) is 14.0. The van der Waals surface area contributed by atoms with Gasteiger partial charge >= 0.3 is 6.18 Å². The molecule has 0 aromatic carbocycles. The first-order chi connectivity index (χ1) is 8.90. The summed E-state index contributed by atoms with van der Waals surface area (Å²) in [6.45, 7) is 4.63. The topological polar surface area (TPSA) is 29.0 Å². The SMILES string of the molecule is CCc1cc(N2CCC(C(F)(F)F)CC2)nc(C)n1. The number of aromatic nitrogens is 2. The van der Waals surface area contributed by atoms with E-state index in [0.717, 1.165) is 17.9 Å². The summed E-state index contributed by atoms with van der Waals surface area (Å²) in [5, 5.41) is 0.